The van der Waals surface area contributed by atoms with E-state index < -0.39 is 0 Å². The number of anilines is 1. The summed E-state index contributed by atoms with van der Waals surface area (Å²) in [5.41, 5.74) is 5.63. The third kappa shape index (κ3) is 4.85. The fourth-order valence-corrected chi connectivity index (χ4v) is 2.91. The number of nitrogens with one attached hydrogen (secondary N) is 1. The minimum atomic E-state index is -0.145. The van der Waals surface area contributed by atoms with Gasteiger partial charge in [-0.25, -0.2) is 0 Å². The van der Waals surface area contributed by atoms with E-state index in [2.05, 4.69) is 57.3 Å². The van der Waals surface area contributed by atoms with E-state index in [1.54, 1.807) is 0 Å². The lowest BCUT2D eigenvalue weighted by atomic mass is 9.82. The number of hydrogen-bond donors (Lipinski definition) is 1. The Balaban J connectivity index is 1.97. The number of benzene rings is 2. The van der Waals surface area contributed by atoms with Crippen molar-refractivity contribution in [3.05, 3.63) is 58.7 Å². The molecule has 0 aliphatic carbocycles. The van der Waals surface area contributed by atoms with E-state index in [1.165, 1.54) is 11.1 Å². The largest absolute Gasteiger partial charge is 0.484 e. The maximum absolute atomic E-state index is 12.2. The fraction of sp³-hybridized carbons (Fsp3) is 0.409. The minimum absolute atomic E-state index is 0.00325. The third-order valence-corrected chi connectivity index (χ3v) is 4.83. The van der Waals surface area contributed by atoms with Gasteiger partial charge in [0.2, 0.25) is 0 Å². The molecule has 1 amide bonds. The van der Waals surface area contributed by atoms with E-state index in [0.29, 0.717) is 5.75 Å². The molecule has 3 nitrogen and oxygen atoms in total. The molecule has 0 atom stereocenters. The molecular formula is C22H29NO2. The van der Waals surface area contributed by atoms with Crippen molar-refractivity contribution in [1.82, 2.24) is 0 Å². The maximum atomic E-state index is 12.2. The quantitative estimate of drug-likeness (QED) is 0.774. The summed E-state index contributed by atoms with van der Waals surface area (Å²) in [6.45, 7) is 12.7. The molecule has 0 saturated heterocycles. The molecule has 3 heteroatoms. The van der Waals surface area contributed by atoms with Crippen LogP contribution in [0.3, 0.4) is 0 Å². The van der Waals surface area contributed by atoms with Gasteiger partial charge < -0.3 is 10.1 Å². The monoisotopic (exact) mass is 339 g/mol. The van der Waals surface area contributed by atoms with Crippen LogP contribution in [0.2, 0.25) is 0 Å². The van der Waals surface area contributed by atoms with Crippen LogP contribution < -0.4 is 10.1 Å². The molecule has 0 bridgehead atoms. The van der Waals surface area contributed by atoms with Crippen molar-refractivity contribution in [1.29, 1.82) is 0 Å². The summed E-state index contributed by atoms with van der Waals surface area (Å²) in [6.07, 6.45) is 1.07. The average Bonchev–Trinajstić information content (AvgIpc) is 2.56. The Hall–Kier alpha value is -2.29. The van der Waals surface area contributed by atoms with Gasteiger partial charge in [-0.1, -0.05) is 50.6 Å². The van der Waals surface area contributed by atoms with Crippen LogP contribution in [0.1, 0.15) is 49.4 Å². The molecule has 0 aliphatic rings. The van der Waals surface area contributed by atoms with Crippen LogP contribution in [0.4, 0.5) is 5.69 Å². The van der Waals surface area contributed by atoms with Crippen LogP contribution in [0.25, 0.3) is 0 Å². The molecule has 0 fully saturated rings. The molecule has 1 N–H and O–H groups in total. The summed E-state index contributed by atoms with van der Waals surface area (Å²) in [6, 6.07) is 12.1. The van der Waals surface area contributed by atoms with E-state index in [-0.39, 0.29) is 17.9 Å². The zero-order valence-corrected chi connectivity index (χ0v) is 16.2. The molecule has 0 radical (unpaired) electrons. The van der Waals surface area contributed by atoms with E-state index in [0.717, 1.165) is 23.2 Å². The molecule has 134 valence electrons. The Morgan fingerprint density at radius 3 is 2.12 bits per heavy atom. The van der Waals surface area contributed by atoms with Crippen molar-refractivity contribution in [2.24, 2.45) is 0 Å². The second kappa shape index (κ2) is 7.73. The number of carbonyl (C=O) groups excluding carboxylic acids is 1. The molecule has 2 aromatic carbocycles. The summed E-state index contributed by atoms with van der Waals surface area (Å²) in [4.78, 5) is 12.2. The molecule has 0 spiro atoms. The van der Waals surface area contributed by atoms with Crippen LogP contribution >= 0.6 is 0 Å². The van der Waals surface area contributed by atoms with Gasteiger partial charge in [-0.05, 0) is 61.4 Å². The van der Waals surface area contributed by atoms with Crippen molar-refractivity contribution >= 4 is 11.6 Å². The first-order chi connectivity index (χ1) is 11.7. The van der Waals surface area contributed by atoms with E-state index >= 15 is 0 Å². The zero-order chi connectivity index (χ0) is 18.6. The molecular weight excluding hydrogens is 310 g/mol. The molecule has 25 heavy (non-hydrogen) atoms. The first kappa shape index (κ1) is 19.0. The van der Waals surface area contributed by atoms with E-state index in [9.17, 15) is 4.79 Å². The summed E-state index contributed by atoms with van der Waals surface area (Å²) in [5.74, 6) is 0.566. The van der Waals surface area contributed by atoms with Gasteiger partial charge in [0.15, 0.2) is 6.61 Å². The Labute approximate surface area is 151 Å². The van der Waals surface area contributed by atoms with Crippen LogP contribution in [0.15, 0.2) is 36.4 Å². The van der Waals surface area contributed by atoms with Crippen LogP contribution in [-0.2, 0) is 10.2 Å². The first-order valence-electron chi connectivity index (χ1n) is 8.84. The third-order valence-electron chi connectivity index (χ3n) is 4.83. The van der Waals surface area contributed by atoms with Gasteiger partial charge in [0.05, 0.1) is 0 Å². The van der Waals surface area contributed by atoms with Crippen LogP contribution in [0, 0.1) is 20.8 Å². The summed E-state index contributed by atoms with van der Waals surface area (Å²) in [7, 11) is 0. The van der Waals surface area contributed by atoms with Crippen molar-refractivity contribution in [3.8, 4) is 5.75 Å². The first-order valence-corrected chi connectivity index (χ1v) is 8.84. The van der Waals surface area contributed by atoms with Gasteiger partial charge in [-0.2, -0.15) is 0 Å². The van der Waals surface area contributed by atoms with Gasteiger partial charge in [0.25, 0.3) is 5.91 Å². The van der Waals surface area contributed by atoms with Gasteiger partial charge in [-0.3, -0.25) is 4.79 Å². The molecule has 0 saturated carbocycles. The smallest absolute Gasteiger partial charge is 0.262 e. The normalized spacial score (nSPS) is 11.3. The second-order valence-electron chi connectivity index (χ2n) is 7.37. The van der Waals surface area contributed by atoms with Crippen molar-refractivity contribution in [2.75, 3.05) is 11.9 Å². The predicted octanol–water partition coefficient (Wildman–Crippen LogP) is 5.32. The molecule has 0 aromatic heterocycles. The molecule has 0 unspecified atom stereocenters. The highest BCUT2D eigenvalue weighted by molar-refractivity contribution is 5.93. The van der Waals surface area contributed by atoms with Gasteiger partial charge >= 0.3 is 0 Å². The lowest BCUT2D eigenvalue weighted by Crippen LogP contribution is -2.21. The number of carbonyl (C=O) groups is 1. The topological polar surface area (TPSA) is 38.3 Å². The van der Waals surface area contributed by atoms with Gasteiger partial charge in [-0.15, -0.1) is 0 Å². The average molecular weight is 339 g/mol. The number of hydrogen-bond acceptors (Lipinski definition) is 2. The van der Waals surface area contributed by atoms with Crippen molar-refractivity contribution in [2.45, 2.75) is 53.4 Å². The van der Waals surface area contributed by atoms with E-state index in [1.807, 2.05) is 26.0 Å². The standard InChI is InChI=1S/C22H29NO2/c1-7-22(5,6)18-8-10-19(11-9-18)25-14-20(24)23-21-16(3)12-15(2)13-17(21)4/h8-13H,7,14H2,1-6H3,(H,23,24). The summed E-state index contributed by atoms with van der Waals surface area (Å²) in [5, 5.41) is 2.96. The number of aryl methyl sites for hydroxylation is 3. The van der Waals surface area contributed by atoms with Crippen LogP contribution in [0.5, 0.6) is 5.75 Å². The minimum Gasteiger partial charge on any atom is -0.484 e. The fourth-order valence-electron chi connectivity index (χ4n) is 2.91. The van der Waals surface area contributed by atoms with Crippen molar-refractivity contribution in [3.63, 3.8) is 0 Å². The number of ether oxygens (including phenoxy) is 1. The highest BCUT2D eigenvalue weighted by Gasteiger charge is 2.17. The number of amides is 1. The van der Waals surface area contributed by atoms with Crippen LogP contribution in [-0.4, -0.2) is 12.5 Å². The Morgan fingerprint density at radius 1 is 1.04 bits per heavy atom. The van der Waals surface area contributed by atoms with Gasteiger partial charge in [0.1, 0.15) is 5.75 Å². The van der Waals surface area contributed by atoms with E-state index in [4.69, 9.17) is 4.74 Å². The SMILES string of the molecule is CCC(C)(C)c1ccc(OCC(=O)Nc2c(C)cc(C)cc2C)cc1. The Kier molecular flexibility index (Phi) is 5.89. The summed E-state index contributed by atoms with van der Waals surface area (Å²) < 4.78 is 5.63. The Morgan fingerprint density at radius 2 is 1.60 bits per heavy atom. The second-order valence-corrected chi connectivity index (χ2v) is 7.37. The highest BCUT2D eigenvalue weighted by atomic mass is 16.5. The highest BCUT2D eigenvalue weighted by Crippen LogP contribution is 2.28. The van der Waals surface area contributed by atoms with Crippen molar-refractivity contribution < 1.29 is 9.53 Å². The zero-order valence-electron chi connectivity index (χ0n) is 16.2. The lowest BCUT2D eigenvalue weighted by molar-refractivity contribution is -0.118. The molecule has 0 aliphatic heterocycles. The predicted molar refractivity (Wildman–Crippen MR) is 105 cm³/mol. The molecule has 0 heterocycles. The Bertz CT molecular complexity index is 722. The summed E-state index contributed by atoms with van der Waals surface area (Å²) >= 11 is 0. The maximum Gasteiger partial charge on any atom is 0.262 e. The van der Waals surface area contributed by atoms with Gasteiger partial charge in [0, 0.05) is 5.69 Å². The molecule has 2 aromatic rings. The lowest BCUT2D eigenvalue weighted by Gasteiger charge is -2.23. The molecule has 2 rings (SSSR count). The number of rotatable bonds is 6.